The standard InChI is InChI=1S/C13H20O3/c1-8(2)10-5-11(7-13(15)16-4)9(3)12(14)6-10/h9-11H,1,5-7H2,2-4H3. The van der Waals surface area contributed by atoms with Gasteiger partial charge in [0.05, 0.1) is 7.11 Å². The summed E-state index contributed by atoms with van der Waals surface area (Å²) in [5.41, 5.74) is 1.04. The zero-order valence-electron chi connectivity index (χ0n) is 10.3. The van der Waals surface area contributed by atoms with Crippen LogP contribution in [0.25, 0.3) is 0 Å². The molecule has 0 N–H and O–H groups in total. The average molecular weight is 224 g/mol. The summed E-state index contributed by atoms with van der Waals surface area (Å²) in [6.45, 7) is 7.76. The van der Waals surface area contributed by atoms with Crippen molar-refractivity contribution < 1.29 is 14.3 Å². The van der Waals surface area contributed by atoms with Crippen molar-refractivity contribution in [2.24, 2.45) is 17.8 Å². The van der Waals surface area contributed by atoms with E-state index in [-0.39, 0.29) is 29.5 Å². The fourth-order valence-corrected chi connectivity index (χ4v) is 2.28. The third kappa shape index (κ3) is 2.94. The molecule has 0 heterocycles. The second-order valence-electron chi connectivity index (χ2n) is 4.78. The van der Waals surface area contributed by atoms with E-state index in [0.717, 1.165) is 12.0 Å². The van der Waals surface area contributed by atoms with Crippen LogP contribution in [0.3, 0.4) is 0 Å². The van der Waals surface area contributed by atoms with E-state index >= 15 is 0 Å². The quantitative estimate of drug-likeness (QED) is 0.546. The Balaban J connectivity index is 2.70. The number of allylic oxidation sites excluding steroid dienone is 1. The molecule has 3 nitrogen and oxygen atoms in total. The first kappa shape index (κ1) is 12.9. The van der Waals surface area contributed by atoms with E-state index in [1.807, 2.05) is 13.8 Å². The van der Waals surface area contributed by atoms with Gasteiger partial charge >= 0.3 is 5.97 Å². The zero-order valence-corrected chi connectivity index (χ0v) is 10.3. The van der Waals surface area contributed by atoms with Crippen molar-refractivity contribution in [1.82, 2.24) is 0 Å². The molecule has 1 aliphatic rings. The molecule has 1 rings (SSSR count). The molecule has 0 spiro atoms. The van der Waals surface area contributed by atoms with Gasteiger partial charge in [-0.15, -0.1) is 0 Å². The molecule has 3 unspecified atom stereocenters. The van der Waals surface area contributed by atoms with Crippen molar-refractivity contribution in [3.8, 4) is 0 Å². The second-order valence-corrected chi connectivity index (χ2v) is 4.78. The van der Waals surface area contributed by atoms with Crippen LogP contribution in [0.4, 0.5) is 0 Å². The number of carbonyl (C=O) groups excluding carboxylic acids is 2. The van der Waals surface area contributed by atoms with Gasteiger partial charge in [0.15, 0.2) is 0 Å². The van der Waals surface area contributed by atoms with Crippen LogP contribution in [-0.2, 0) is 14.3 Å². The Morgan fingerprint density at radius 2 is 2.19 bits per heavy atom. The van der Waals surface area contributed by atoms with Gasteiger partial charge in [-0.1, -0.05) is 19.1 Å². The van der Waals surface area contributed by atoms with Crippen LogP contribution in [0.15, 0.2) is 12.2 Å². The molecule has 0 amide bonds. The van der Waals surface area contributed by atoms with Gasteiger partial charge < -0.3 is 4.74 Å². The smallest absolute Gasteiger partial charge is 0.305 e. The van der Waals surface area contributed by atoms with Crippen molar-refractivity contribution in [2.45, 2.75) is 33.1 Å². The molecule has 0 radical (unpaired) electrons. The normalized spacial score (nSPS) is 29.9. The molecular formula is C13H20O3. The summed E-state index contributed by atoms with van der Waals surface area (Å²) in [5, 5.41) is 0. The second kappa shape index (κ2) is 5.28. The molecule has 1 saturated carbocycles. The lowest BCUT2D eigenvalue weighted by Gasteiger charge is -2.32. The third-order valence-corrected chi connectivity index (χ3v) is 3.60. The Labute approximate surface area is 96.9 Å². The van der Waals surface area contributed by atoms with E-state index in [4.69, 9.17) is 0 Å². The maximum atomic E-state index is 11.8. The van der Waals surface area contributed by atoms with Gasteiger partial charge in [0.2, 0.25) is 0 Å². The minimum atomic E-state index is -0.230. The van der Waals surface area contributed by atoms with Gasteiger partial charge in [-0.05, 0) is 25.2 Å². The molecule has 3 atom stereocenters. The first-order valence-corrected chi connectivity index (χ1v) is 5.70. The fourth-order valence-electron chi connectivity index (χ4n) is 2.28. The van der Waals surface area contributed by atoms with Gasteiger partial charge in [0.1, 0.15) is 5.78 Å². The van der Waals surface area contributed by atoms with Crippen LogP contribution in [0.2, 0.25) is 0 Å². The van der Waals surface area contributed by atoms with Crippen LogP contribution in [0.1, 0.15) is 33.1 Å². The third-order valence-electron chi connectivity index (χ3n) is 3.60. The summed E-state index contributed by atoms with van der Waals surface area (Å²) in [7, 11) is 1.38. The van der Waals surface area contributed by atoms with Crippen molar-refractivity contribution in [3.63, 3.8) is 0 Å². The van der Waals surface area contributed by atoms with Gasteiger partial charge in [-0.25, -0.2) is 0 Å². The summed E-state index contributed by atoms with van der Waals surface area (Å²) in [4.78, 5) is 23.0. The number of carbonyl (C=O) groups is 2. The van der Waals surface area contributed by atoms with E-state index in [2.05, 4.69) is 11.3 Å². The molecule has 0 aromatic heterocycles. The molecule has 0 bridgehead atoms. The Morgan fingerprint density at radius 3 is 2.69 bits per heavy atom. The first-order valence-electron chi connectivity index (χ1n) is 5.70. The van der Waals surface area contributed by atoms with Crippen molar-refractivity contribution in [1.29, 1.82) is 0 Å². The number of ketones is 1. The summed E-state index contributed by atoms with van der Waals surface area (Å²) in [5.74, 6) is 0.323. The van der Waals surface area contributed by atoms with E-state index in [1.165, 1.54) is 7.11 Å². The first-order chi connectivity index (χ1) is 7.45. The average Bonchev–Trinajstić information content (AvgIpc) is 2.23. The van der Waals surface area contributed by atoms with E-state index in [1.54, 1.807) is 0 Å². The van der Waals surface area contributed by atoms with Crippen LogP contribution in [0, 0.1) is 17.8 Å². The summed E-state index contributed by atoms with van der Waals surface area (Å²) in [6.07, 6.45) is 1.79. The molecular weight excluding hydrogens is 204 g/mol. The Morgan fingerprint density at radius 1 is 1.56 bits per heavy atom. The van der Waals surface area contributed by atoms with Crippen molar-refractivity contribution in [3.05, 3.63) is 12.2 Å². The Hall–Kier alpha value is -1.12. The Bertz CT molecular complexity index is 306. The minimum absolute atomic E-state index is 0.0327. The van der Waals surface area contributed by atoms with Gasteiger partial charge in [0.25, 0.3) is 0 Å². The van der Waals surface area contributed by atoms with Crippen LogP contribution >= 0.6 is 0 Å². The molecule has 1 aliphatic carbocycles. The number of hydrogen-bond acceptors (Lipinski definition) is 3. The predicted octanol–water partition coefficient (Wildman–Crippen LogP) is 2.36. The fraction of sp³-hybridized carbons (Fsp3) is 0.692. The molecule has 16 heavy (non-hydrogen) atoms. The zero-order chi connectivity index (χ0) is 12.3. The van der Waals surface area contributed by atoms with Crippen molar-refractivity contribution >= 4 is 11.8 Å². The largest absolute Gasteiger partial charge is 0.469 e. The van der Waals surface area contributed by atoms with Gasteiger partial charge in [0, 0.05) is 18.8 Å². The summed E-state index contributed by atoms with van der Waals surface area (Å²) >= 11 is 0. The maximum absolute atomic E-state index is 11.8. The molecule has 0 aromatic rings. The number of methoxy groups -OCH3 is 1. The maximum Gasteiger partial charge on any atom is 0.305 e. The number of Topliss-reactive ketones (excluding diaryl/α,β-unsaturated/α-hetero) is 1. The molecule has 1 fully saturated rings. The lowest BCUT2D eigenvalue weighted by atomic mass is 9.71. The van der Waals surface area contributed by atoms with E-state index in [0.29, 0.717) is 12.8 Å². The lowest BCUT2D eigenvalue weighted by Crippen LogP contribution is -2.33. The van der Waals surface area contributed by atoms with Crippen LogP contribution in [-0.4, -0.2) is 18.9 Å². The molecule has 0 saturated heterocycles. The molecule has 0 aromatic carbocycles. The van der Waals surface area contributed by atoms with Crippen molar-refractivity contribution in [2.75, 3.05) is 7.11 Å². The highest BCUT2D eigenvalue weighted by molar-refractivity contribution is 5.83. The number of ether oxygens (including phenoxy) is 1. The summed E-state index contributed by atoms with van der Waals surface area (Å²) in [6, 6.07) is 0. The monoisotopic (exact) mass is 224 g/mol. The number of rotatable bonds is 3. The van der Waals surface area contributed by atoms with Crippen LogP contribution in [0.5, 0.6) is 0 Å². The topological polar surface area (TPSA) is 43.4 Å². The lowest BCUT2D eigenvalue weighted by molar-refractivity contribution is -0.143. The highest BCUT2D eigenvalue weighted by Gasteiger charge is 2.35. The van der Waals surface area contributed by atoms with E-state index < -0.39 is 0 Å². The molecule has 0 aliphatic heterocycles. The highest BCUT2D eigenvalue weighted by atomic mass is 16.5. The highest BCUT2D eigenvalue weighted by Crippen LogP contribution is 2.36. The van der Waals surface area contributed by atoms with E-state index in [9.17, 15) is 9.59 Å². The van der Waals surface area contributed by atoms with Crippen LogP contribution < -0.4 is 0 Å². The van der Waals surface area contributed by atoms with Gasteiger partial charge in [-0.3, -0.25) is 9.59 Å². The number of hydrogen-bond donors (Lipinski definition) is 0. The SMILES string of the molecule is C=C(C)C1CC(=O)C(C)C(CC(=O)OC)C1. The molecule has 90 valence electrons. The predicted molar refractivity (Wildman–Crippen MR) is 61.8 cm³/mol. The Kier molecular flexibility index (Phi) is 4.27. The number of esters is 1. The minimum Gasteiger partial charge on any atom is -0.469 e. The van der Waals surface area contributed by atoms with Gasteiger partial charge in [-0.2, -0.15) is 0 Å². The summed E-state index contributed by atoms with van der Waals surface area (Å²) < 4.78 is 4.66. The molecule has 3 heteroatoms.